The van der Waals surface area contributed by atoms with Crippen molar-refractivity contribution < 1.29 is 19.1 Å². The molecule has 0 aromatic rings. The lowest BCUT2D eigenvalue weighted by atomic mass is 9.68. The van der Waals surface area contributed by atoms with E-state index in [9.17, 15) is 9.59 Å². The number of esters is 2. The Bertz CT molecular complexity index is 363. The summed E-state index contributed by atoms with van der Waals surface area (Å²) in [6.45, 7) is 6.88. The number of ether oxygens (including phenoxy) is 2. The van der Waals surface area contributed by atoms with Gasteiger partial charge in [-0.25, -0.2) is 9.59 Å². The Labute approximate surface area is 119 Å². The van der Waals surface area contributed by atoms with Gasteiger partial charge in [-0.05, 0) is 38.5 Å². The zero-order chi connectivity index (χ0) is 14.5. The second kappa shape index (κ2) is 6.73. The average molecular weight is 278 g/mol. The zero-order valence-electron chi connectivity index (χ0n) is 11.8. The van der Waals surface area contributed by atoms with Gasteiger partial charge in [0.2, 0.25) is 0 Å². The first-order chi connectivity index (χ1) is 9.65. The quantitative estimate of drug-likeness (QED) is 0.586. The standard InChI is InChI=1S/C16H22O4/c1-3-15(17)19-13-9-5-8-12-11(13)7-6-10-14(12)20-16(18)4-2/h3-4,11-14H,1-2,5-10H2/t11-,12?,13+,14+/m0/s1. The van der Waals surface area contributed by atoms with Gasteiger partial charge >= 0.3 is 11.9 Å². The van der Waals surface area contributed by atoms with Gasteiger partial charge in [-0.15, -0.1) is 0 Å². The van der Waals surface area contributed by atoms with Crippen molar-refractivity contribution >= 4 is 11.9 Å². The van der Waals surface area contributed by atoms with E-state index in [0.717, 1.165) is 38.5 Å². The summed E-state index contributed by atoms with van der Waals surface area (Å²) < 4.78 is 10.9. The first-order valence-electron chi connectivity index (χ1n) is 7.31. The predicted molar refractivity (Wildman–Crippen MR) is 74.8 cm³/mol. The molecule has 20 heavy (non-hydrogen) atoms. The minimum absolute atomic E-state index is 0.0653. The normalized spacial score (nSPS) is 32.6. The molecule has 0 aliphatic heterocycles. The van der Waals surface area contributed by atoms with Crippen molar-refractivity contribution in [3.63, 3.8) is 0 Å². The molecular formula is C16H22O4. The van der Waals surface area contributed by atoms with Gasteiger partial charge in [0, 0.05) is 24.0 Å². The van der Waals surface area contributed by atoms with Gasteiger partial charge in [0.05, 0.1) is 0 Å². The van der Waals surface area contributed by atoms with Crippen LogP contribution < -0.4 is 0 Å². The van der Waals surface area contributed by atoms with Crippen molar-refractivity contribution in [2.75, 3.05) is 0 Å². The minimum Gasteiger partial charge on any atom is -0.459 e. The van der Waals surface area contributed by atoms with Crippen molar-refractivity contribution in [3.05, 3.63) is 25.3 Å². The molecule has 2 saturated carbocycles. The summed E-state index contributed by atoms with van der Waals surface area (Å²) in [4.78, 5) is 22.8. The molecule has 4 nitrogen and oxygen atoms in total. The van der Waals surface area contributed by atoms with Crippen LogP contribution >= 0.6 is 0 Å². The van der Waals surface area contributed by atoms with Crippen LogP contribution in [0.5, 0.6) is 0 Å². The van der Waals surface area contributed by atoms with Crippen LogP contribution in [0.3, 0.4) is 0 Å². The Hall–Kier alpha value is -1.58. The van der Waals surface area contributed by atoms with Crippen molar-refractivity contribution in [3.8, 4) is 0 Å². The van der Waals surface area contributed by atoms with E-state index >= 15 is 0 Å². The number of fused-ring (bicyclic) bond motifs is 1. The summed E-state index contributed by atoms with van der Waals surface area (Å²) in [5, 5.41) is 0. The van der Waals surface area contributed by atoms with Gasteiger partial charge in [0.25, 0.3) is 0 Å². The molecule has 2 aliphatic rings. The highest BCUT2D eigenvalue weighted by Crippen LogP contribution is 2.43. The molecule has 2 rings (SSSR count). The molecular weight excluding hydrogens is 256 g/mol. The molecule has 0 aromatic carbocycles. The van der Waals surface area contributed by atoms with Crippen LogP contribution in [-0.2, 0) is 19.1 Å². The highest BCUT2D eigenvalue weighted by atomic mass is 16.5. The van der Waals surface area contributed by atoms with Crippen molar-refractivity contribution in [2.24, 2.45) is 11.8 Å². The van der Waals surface area contributed by atoms with Crippen LogP contribution in [0.25, 0.3) is 0 Å². The van der Waals surface area contributed by atoms with Crippen LogP contribution in [0.2, 0.25) is 0 Å². The fourth-order valence-electron chi connectivity index (χ4n) is 3.58. The molecule has 0 heterocycles. The molecule has 0 N–H and O–H groups in total. The Balaban J connectivity index is 2.04. The SMILES string of the molecule is C=CC(=O)O[C@@H]1CCC[C@H]2C1CCC[C@H]2OC(=O)C=C. The topological polar surface area (TPSA) is 52.6 Å². The third-order valence-electron chi connectivity index (χ3n) is 4.43. The maximum atomic E-state index is 11.4. The summed E-state index contributed by atoms with van der Waals surface area (Å²) in [5.41, 5.74) is 0. The zero-order valence-corrected chi connectivity index (χ0v) is 11.8. The Kier molecular flexibility index (Phi) is 4.99. The number of hydrogen-bond donors (Lipinski definition) is 0. The van der Waals surface area contributed by atoms with E-state index < -0.39 is 0 Å². The fourth-order valence-corrected chi connectivity index (χ4v) is 3.58. The smallest absolute Gasteiger partial charge is 0.330 e. The molecule has 2 aliphatic carbocycles. The van der Waals surface area contributed by atoms with E-state index in [1.165, 1.54) is 12.2 Å². The summed E-state index contributed by atoms with van der Waals surface area (Å²) in [7, 11) is 0. The van der Waals surface area contributed by atoms with E-state index in [-0.39, 0.29) is 24.1 Å². The molecule has 0 spiro atoms. The third-order valence-corrected chi connectivity index (χ3v) is 4.43. The first-order valence-corrected chi connectivity index (χ1v) is 7.31. The van der Waals surface area contributed by atoms with Gasteiger partial charge in [-0.2, -0.15) is 0 Å². The Morgan fingerprint density at radius 1 is 0.800 bits per heavy atom. The largest absolute Gasteiger partial charge is 0.459 e. The molecule has 0 aromatic heterocycles. The first kappa shape index (κ1) is 14.8. The molecule has 0 saturated heterocycles. The maximum absolute atomic E-state index is 11.4. The number of carbonyl (C=O) groups excluding carboxylic acids is 2. The van der Waals surface area contributed by atoms with E-state index in [0.29, 0.717) is 11.8 Å². The highest BCUT2D eigenvalue weighted by Gasteiger charge is 2.43. The van der Waals surface area contributed by atoms with Crippen molar-refractivity contribution in [1.29, 1.82) is 0 Å². The molecule has 4 atom stereocenters. The van der Waals surface area contributed by atoms with Crippen LogP contribution in [0.4, 0.5) is 0 Å². The molecule has 110 valence electrons. The van der Waals surface area contributed by atoms with E-state index in [4.69, 9.17) is 9.47 Å². The lowest BCUT2D eigenvalue weighted by Crippen LogP contribution is -2.45. The van der Waals surface area contributed by atoms with E-state index in [1.807, 2.05) is 0 Å². The van der Waals surface area contributed by atoms with Crippen molar-refractivity contribution in [1.82, 2.24) is 0 Å². The van der Waals surface area contributed by atoms with Gasteiger partial charge < -0.3 is 9.47 Å². The van der Waals surface area contributed by atoms with Crippen molar-refractivity contribution in [2.45, 2.75) is 50.7 Å². The average Bonchev–Trinajstić information content (AvgIpc) is 2.47. The molecule has 0 amide bonds. The second-order valence-corrected chi connectivity index (χ2v) is 5.55. The molecule has 0 bridgehead atoms. The molecule has 4 heteroatoms. The summed E-state index contributed by atoms with van der Waals surface area (Å²) >= 11 is 0. The minimum atomic E-state index is -0.360. The lowest BCUT2D eigenvalue weighted by molar-refractivity contribution is -0.162. The number of rotatable bonds is 4. The number of carbonyl (C=O) groups is 2. The lowest BCUT2D eigenvalue weighted by Gasteiger charge is -2.44. The Morgan fingerprint density at radius 2 is 1.20 bits per heavy atom. The highest BCUT2D eigenvalue weighted by molar-refractivity contribution is 5.81. The van der Waals surface area contributed by atoms with Gasteiger partial charge in [0.15, 0.2) is 0 Å². The van der Waals surface area contributed by atoms with Gasteiger partial charge in [-0.1, -0.05) is 13.2 Å². The van der Waals surface area contributed by atoms with E-state index in [1.54, 1.807) is 0 Å². The van der Waals surface area contributed by atoms with Gasteiger partial charge in [0.1, 0.15) is 12.2 Å². The van der Waals surface area contributed by atoms with Crippen LogP contribution in [-0.4, -0.2) is 24.1 Å². The van der Waals surface area contributed by atoms with Crippen LogP contribution in [0.15, 0.2) is 25.3 Å². The number of hydrogen-bond acceptors (Lipinski definition) is 4. The van der Waals surface area contributed by atoms with E-state index in [2.05, 4.69) is 13.2 Å². The Morgan fingerprint density at radius 3 is 1.55 bits per heavy atom. The summed E-state index contributed by atoms with van der Waals surface area (Å²) in [6, 6.07) is 0. The fraction of sp³-hybridized carbons (Fsp3) is 0.625. The van der Waals surface area contributed by atoms with Gasteiger partial charge in [-0.3, -0.25) is 0 Å². The molecule has 2 fully saturated rings. The molecule has 1 unspecified atom stereocenters. The summed E-state index contributed by atoms with van der Waals surface area (Å²) in [6.07, 6.45) is 8.13. The summed E-state index contributed by atoms with van der Waals surface area (Å²) in [5.74, 6) is -0.130. The third kappa shape index (κ3) is 3.30. The van der Waals surface area contributed by atoms with Crippen LogP contribution in [0.1, 0.15) is 38.5 Å². The predicted octanol–water partition coefficient (Wildman–Crippen LogP) is 2.78. The van der Waals surface area contributed by atoms with Crippen LogP contribution in [0, 0.1) is 11.8 Å². The monoisotopic (exact) mass is 278 g/mol. The maximum Gasteiger partial charge on any atom is 0.330 e. The molecule has 0 radical (unpaired) electrons. The second-order valence-electron chi connectivity index (χ2n) is 5.55.